The summed E-state index contributed by atoms with van der Waals surface area (Å²) < 4.78 is 5.90. The Morgan fingerprint density at radius 1 is 0.828 bits per heavy atom. The average Bonchev–Trinajstić information content (AvgIpc) is 2.78. The molecular weight excluding hydrogens is 358 g/mol. The van der Waals surface area contributed by atoms with E-state index in [-0.39, 0.29) is 11.8 Å². The van der Waals surface area contributed by atoms with Gasteiger partial charge in [-0.15, -0.1) is 0 Å². The highest BCUT2D eigenvalue weighted by atomic mass is 16.5. The molecule has 1 aliphatic heterocycles. The first-order valence-corrected chi connectivity index (χ1v) is 9.86. The van der Waals surface area contributed by atoms with Crippen LogP contribution in [0.3, 0.4) is 0 Å². The molecule has 0 aliphatic carbocycles. The van der Waals surface area contributed by atoms with Crippen molar-refractivity contribution in [3.63, 3.8) is 0 Å². The third-order valence-corrected chi connectivity index (χ3v) is 5.52. The van der Waals surface area contributed by atoms with E-state index < -0.39 is 0 Å². The van der Waals surface area contributed by atoms with Gasteiger partial charge in [-0.25, -0.2) is 0 Å². The number of fused-ring (bicyclic) bond motifs is 3. The van der Waals surface area contributed by atoms with Crippen molar-refractivity contribution in [2.75, 3.05) is 5.32 Å². The number of hydrogen-bond acceptors (Lipinski definition) is 2. The van der Waals surface area contributed by atoms with Crippen LogP contribution in [-0.2, 0) is 11.4 Å². The lowest BCUT2D eigenvalue weighted by Crippen LogP contribution is -2.23. The fraction of sp³-hybridized carbons (Fsp3) is 0.115. The van der Waals surface area contributed by atoms with E-state index in [1.54, 1.807) is 0 Å². The van der Waals surface area contributed by atoms with Gasteiger partial charge < -0.3 is 10.1 Å². The summed E-state index contributed by atoms with van der Waals surface area (Å²) in [6, 6.07) is 30.7. The minimum Gasteiger partial charge on any atom is -0.489 e. The van der Waals surface area contributed by atoms with Crippen LogP contribution in [0, 0.1) is 0 Å². The minimum atomic E-state index is 0.0477. The van der Waals surface area contributed by atoms with Gasteiger partial charge >= 0.3 is 0 Å². The number of ether oxygens (including phenoxy) is 1. The van der Waals surface area contributed by atoms with Crippen LogP contribution >= 0.6 is 0 Å². The summed E-state index contributed by atoms with van der Waals surface area (Å²) in [5, 5.41) is 5.31. The van der Waals surface area contributed by atoms with Crippen molar-refractivity contribution in [3.05, 3.63) is 108 Å². The number of carbonyl (C=O) groups is 1. The Morgan fingerprint density at radius 2 is 1.59 bits per heavy atom. The molecule has 1 atom stereocenters. The van der Waals surface area contributed by atoms with Crippen LogP contribution in [-0.4, -0.2) is 5.91 Å². The Labute approximate surface area is 170 Å². The zero-order valence-electron chi connectivity index (χ0n) is 16.0. The molecule has 1 N–H and O–H groups in total. The van der Waals surface area contributed by atoms with Crippen LogP contribution in [0.25, 0.3) is 10.8 Å². The van der Waals surface area contributed by atoms with E-state index in [4.69, 9.17) is 4.74 Å². The average molecular weight is 379 g/mol. The molecule has 0 unspecified atom stereocenters. The maximum Gasteiger partial charge on any atom is 0.225 e. The summed E-state index contributed by atoms with van der Waals surface area (Å²) in [5.74, 6) is 0.936. The Bertz CT molecular complexity index is 1170. The van der Waals surface area contributed by atoms with E-state index in [1.807, 2.05) is 42.5 Å². The van der Waals surface area contributed by atoms with Crippen molar-refractivity contribution in [1.82, 2.24) is 0 Å². The molecule has 3 heteroatoms. The van der Waals surface area contributed by atoms with Gasteiger partial charge in [0.25, 0.3) is 0 Å². The topological polar surface area (TPSA) is 38.3 Å². The Hall–Kier alpha value is -3.59. The summed E-state index contributed by atoms with van der Waals surface area (Å²) >= 11 is 0. The number of nitrogens with one attached hydrogen (secondary N) is 1. The SMILES string of the molecule is O=C1C[C@@H](c2ccc(OCc3ccccc3)cc2)c2ccc3ccccc3c2N1. The van der Waals surface area contributed by atoms with Gasteiger partial charge in [0.2, 0.25) is 5.91 Å². The van der Waals surface area contributed by atoms with Gasteiger partial charge in [0, 0.05) is 17.7 Å². The number of carbonyl (C=O) groups excluding carboxylic acids is 1. The molecule has 5 rings (SSSR count). The van der Waals surface area contributed by atoms with Gasteiger partial charge in [-0.05, 0) is 34.2 Å². The predicted molar refractivity (Wildman–Crippen MR) is 116 cm³/mol. The normalized spacial score (nSPS) is 15.6. The summed E-state index contributed by atoms with van der Waals surface area (Å²) in [7, 11) is 0. The monoisotopic (exact) mass is 379 g/mol. The number of benzene rings is 4. The molecular formula is C26H21NO2. The Balaban J connectivity index is 1.43. The van der Waals surface area contributed by atoms with Crippen molar-refractivity contribution < 1.29 is 9.53 Å². The lowest BCUT2D eigenvalue weighted by atomic mass is 9.83. The molecule has 4 aromatic carbocycles. The second-order valence-electron chi connectivity index (χ2n) is 7.40. The number of rotatable bonds is 4. The Morgan fingerprint density at radius 3 is 2.41 bits per heavy atom. The van der Waals surface area contributed by atoms with Crippen molar-refractivity contribution in [2.45, 2.75) is 18.9 Å². The zero-order valence-corrected chi connectivity index (χ0v) is 16.0. The van der Waals surface area contributed by atoms with E-state index in [2.05, 4.69) is 53.8 Å². The van der Waals surface area contributed by atoms with Crippen LogP contribution in [0.1, 0.15) is 29.0 Å². The van der Waals surface area contributed by atoms with Crippen LogP contribution in [0.2, 0.25) is 0 Å². The van der Waals surface area contributed by atoms with E-state index in [1.165, 1.54) is 5.56 Å². The maximum absolute atomic E-state index is 12.4. The molecule has 0 saturated carbocycles. The van der Waals surface area contributed by atoms with E-state index in [9.17, 15) is 4.79 Å². The number of amides is 1. The summed E-state index contributed by atoms with van der Waals surface area (Å²) in [5.41, 5.74) is 4.37. The number of anilines is 1. The number of hydrogen-bond donors (Lipinski definition) is 1. The highest BCUT2D eigenvalue weighted by molar-refractivity contribution is 6.06. The minimum absolute atomic E-state index is 0.0477. The van der Waals surface area contributed by atoms with Crippen LogP contribution in [0.15, 0.2) is 91.0 Å². The van der Waals surface area contributed by atoms with Crippen molar-refractivity contribution in [3.8, 4) is 5.75 Å². The standard InChI is InChI=1S/C26H21NO2/c28-25-16-24(23-15-12-19-8-4-5-9-22(19)26(23)27-25)20-10-13-21(14-11-20)29-17-18-6-2-1-3-7-18/h1-15,24H,16-17H2,(H,27,28)/t24-/m0/s1. The molecule has 3 nitrogen and oxygen atoms in total. The predicted octanol–water partition coefficient (Wildman–Crippen LogP) is 5.89. The molecule has 0 radical (unpaired) electrons. The fourth-order valence-electron chi connectivity index (χ4n) is 4.04. The molecule has 1 heterocycles. The summed E-state index contributed by atoms with van der Waals surface area (Å²) in [4.78, 5) is 12.4. The summed E-state index contributed by atoms with van der Waals surface area (Å²) in [6.07, 6.45) is 0.454. The third-order valence-electron chi connectivity index (χ3n) is 5.52. The smallest absolute Gasteiger partial charge is 0.225 e. The van der Waals surface area contributed by atoms with E-state index in [0.29, 0.717) is 13.0 Å². The molecule has 0 spiro atoms. The first-order chi connectivity index (χ1) is 14.3. The van der Waals surface area contributed by atoms with E-state index >= 15 is 0 Å². The third kappa shape index (κ3) is 3.47. The van der Waals surface area contributed by atoms with E-state index in [0.717, 1.165) is 33.3 Å². The molecule has 29 heavy (non-hydrogen) atoms. The van der Waals surface area contributed by atoms with Crippen LogP contribution in [0.4, 0.5) is 5.69 Å². The molecule has 0 bridgehead atoms. The largest absolute Gasteiger partial charge is 0.489 e. The first kappa shape index (κ1) is 17.5. The second kappa shape index (κ2) is 7.44. The lowest BCUT2D eigenvalue weighted by molar-refractivity contribution is -0.116. The molecule has 0 saturated heterocycles. The maximum atomic E-state index is 12.4. The van der Waals surface area contributed by atoms with Gasteiger partial charge in [0.1, 0.15) is 12.4 Å². The Kier molecular flexibility index (Phi) is 4.49. The van der Waals surface area contributed by atoms with Crippen LogP contribution in [0.5, 0.6) is 5.75 Å². The highest BCUT2D eigenvalue weighted by Crippen LogP contribution is 2.41. The fourth-order valence-corrected chi connectivity index (χ4v) is 4.04. The first-order valence-electron chi connectivity index (χ1n) is 9.86. The van der Waals surface area contributed by atoms with Gasteiger partial charge in [-0.3, -0.25) is 4.79 Å². The molecule has 0 fully saturated rings. The van der Waals surface area contributed by atoms with Crippen molar-refractivity contribution in [2.24, 2.45) is 0 Å². The lowest BCUT2D eigenvalue weighted by Gasteiger charge is -2.27. The van der Waals surface area contributed by atoms with Gasteiger partial charge in [0.15, 0.2) is 0 Å². The highest BCUT2D eigenvalue weighted by Gasteiger charge is 2.27. The molecule has 0 aromatic heterocycles. The molecule has 1 aliphatic rings. The zero-order chi connectivity index (χ0) is 19.6. The van der Waals surface area contributed by atoms with Gasteiger partial charge in [-0.2, -0.15) is 0 Å². The van der Waals surface area contributed by atoms with Crippen molar-refractivity contribution in [1.29, 1.82) is 0 Å². The van der Waals surface area contributed by atoms with Gasteiger partial charge in [-0.1, -0.05) is 78.9 Å². The second-order valence-corrected chi connectivity index (χ2v) is 7.40. The summed E-state index contributed by atoms with van der Waals surface area (Å²) in [6.45, 7) is 0.543. The van der Waals surface area contributed by atoms with Gasteiger partial charge in [0.05, 0.1) is 5.69 Å². The van der Waals surface area contributed by atoms with Crippen molar-refractivity contribution >= 4 is 22.4 Å². The molecule has 142 valence electrons. The quantitative estimate of drug-likeness (QED) is 0.480. The molecule has 1 amide bonds. The van der Waals surface area contributed by atoms with Crippen LogP contribution < -0.4 is 10.1 Å². The molecule has 4 aromatic rings.